The fourth-order valence-corrected chi connectivity index (χ4v) is 5.01. The average molecular weight is 556 g/mol. The Bertz CT molecular complexity index is 1440. The van der Waals surface area contributed by atoms with Crippen LogP contribution in [-0.4, -0.2) is 45.2 Å². The molecule has 0 radical (unpaired) electrons. The number of ether oxygens (including phenoxy) is 1. The van der Waals surface area contributed by atoms with Crippen LogP contribution in [0.3, 0.4) is 0 Å². The van der Waals surface area contributed by atoms with Gasteiger partial charge in [0.15, 0.2) is 0 Å². The van der Waals surface area contributed by atoms with E-state index >= 15 is 0 Å². The third kappa shape index (κ3) is 7.12. The molecule has 0 aromatic heterocycles. The van der Waals surface area contributed by atoms with Crippen LogP contribution in [0.1, 0.15) is 61.4 Å². The van der Waals surface area contributed by atoms with Gasteiger partial charge in [-0.2, -0.15) is 0 Å². The number of benzene rings is 4. The molecule has 7 nitrogen and oxygen atoms in total. The standard InChI is InChI=1S/C33H35NO4.CH2O2/c1-2-3-4-9-23-38-31-16-8-7-15-30(31)33(36,37)34(27-21-22-27)32(35)26-19-17-25(18-20-26)29-14-10-12-24-11-5-6-13-28(24)29;2-1-3/h5-8,10-20,27,36-37H,2-4,9,21-23H2,1H3;1H,(H,2,3). The lowest BCUT2D eigenvalue weighted by Crippen LogP contribution is -2.51. The SMILES string of the molecule is CCCCCCOc1ccccc1C(O)(O)N(C(=O)c1ccc(-c2cccc3ccccc23)cc1)C1CC1.O=CO. The summed E-state index contributed by atoms with van der Waals surface area (Å²) in [4.78, 5) is 23.3. The van der Waals surface area contributed by atoms with Crippen LogP contribution in [0, 0.1) is 0 Å². The van der Waals surface area contributed by atoms with Gasteiger partial charge in [-0.1, -0.05) is 92.9 Å². The van der Waals surface area contributed by atoms with E-state index in [0.29, 0.717) is 17.9 Å². The first-order valence-corrected chi connectivity index (χ1v) is 14.1. The minimum absolute atomic E-state index is 0.183. The minimum Gasteiger partial charge on any atom is -0.493 e. The number of aliphatic hydroxyl groups is 2. The highest BCUT2D eigenvalue weighted by Crippen LogP contribution is 2.40. The highest BCUT2D eigenvalue weighted by atomic mass is 16.5. The topological polar surface area (TPSA) is 107 Å². The number of carboxylic acid groups (broad SMARTS) is 1. The second-order valence-corrected chi connectivity index (χ2v) is 10.2. The molecular weight excluding hydrogens is 518 g/mol. The molecule has 4 aromatic rings. The minimum atomic E-state index is -2.49. The summed E-state index contributed by atoms with van der Waals surface area (Å²) in [6.07, 6.45) is 5.67. The molecule has 1 aliphatic carbocycles. The van der Waals surface area contributed by atoms with Crippen molar-refractivity contribution in [3.63, 3.8) is 0 Å². The van der Waals surface area contributed by atoms with Gasteiger partial charge < -0.3 is 20.1 Å². The summed E-state index contributed by atoms with van der Waals surface area (Å²) in [5.41, 5.74) is 2.68. The van der Waals surface area contributed by atoms with Crippen LogP contribution in [0.2, 0.25) is 0 Å². The van der Waals surface area contributed by atoms with E-state index < -0.39 is 11.8 Å². The molecule has 1 fully saturated rings. The molecule has 0 heterocycles. The number of rotatable bonds is 11. The van der Waals surface area contributed by atoms with Gasteiger partial charge in [-0.25, -0.2) is 0 Å². The Morgan fingerprint density at radius 3 is 2.27 bits per heavy atom. The number of unbranched alkanes of at least 4 members (excludes halogenated alkanes) is 3. The lowest BCUT2D eigenvalue weighted by molar-refractivity contribution is -0.259. The molecule has 0 spiro atoms. The Morgan fingerprint density at radius 1 is 0.902 bits per heavy atom. The number of carbonyl (C=O) groups excluding carboxylic acids is 1. The van der Waals surface area contributed by atoms with Crippen LogP contribution in [0.15, 0.2) is 91.0 Å². The van der Waals surface area contributed by atoms with Gasteiger partial charge in [0, 0.05) is 11.6 Å². The van der Waals surface area contributed by atoms with Crippen LogP contribution in [0.4, 0.5) is 0 Å². The van der Waals surface area contributed by atoms with Gasteiger partial charge >= 0.3 is 0 Å². The largest absolute Gasteiger partial charge is 0.493 e. The van der Waals surface area contributed by atoms with Crippen molar-refractivity contribution in [2.24, 2.45) is 0 Å². The van der Waals surface area contributed by atoms with Crippen LogP contribution >= 0.6 is 0 Å². The highest BCUT2D eigenvalue weighted by molar-refractivity contribution is 5.98. The first-order valence-electron chi connectivity index (χ1n) is 14.1. The second kappa shape index (κ2) is 13.9. The molecule has 5 rings (SSSR count). The number of carbonyl (C=O) groups is 2. The smallest absolute Gasteiger partial charge is 0.290 e. The zero-order valence-electron chi connectivity index (χ0n) is 23.3. The van der Waals surface area contributed by atoms with Gasteiger partial charge in [0.1, 0.15) is 5.75 Å². The molecule has 0 bridgehead atoms. The maximum Gasteiger partial charge on any atom is 0.290 e. The first kappa shape index (κ1) is 29.8. The number of hydrogen-bond donors (Lipinski definition) is 3. The molecule has 41 heavy (non-hydrogen) atoms. The van der Waals surface area contributed by atoms with Crippen molar-refractivity contribution in [1.82, 2.24) is 4.90 Å². The summed E-state index contributed by atoms with van der Waals surface area (Å²) in [6.45, 7) is 2.39. The van der Waals surface area contributed by atoms with Crippen molar-refractivity contribution in [3.8, 4) is 16.9 Å². The lowest BCUT2D eigenvalue weighted by Gasteiger charge is -2.36. The molecule has 0 atom stereocenters. The Morgan fingerprint density at radius 2 is 1.56 bits per heavy atom. The maximum absolute atomic E-state index is 13.7. The van der Waals surface area contributed by atoms with Crippen LogP contribution in [-0.2, 0) is 10.7 Å². The lowest BCUT2D eigenvalue weighted by atomic mass is 9.97. The van der Waals surface area contributed by atoms with E-state index in [9.17, 15) is 15.0 Å². The van der Waals surface area contributed by atoms with Gasteiger partial charge in [0.05, 0.1) is 12.2 Å². The Labute approximate surface area is 240 Å². The number of amides is 1. The summed E-state index contributed by atoms with van der Waals surface area (Å²) in [6, 6.07) is 28.4. The second-order valence-electron chi connectivity index (χ2n) is 10.2. The third-order valence-electron chi connectivity index (χ3n) is 7.20. The molecule has 0 saturated heterocycles. The Balaban J connectivity index is 0.00000124. The number of para-hydroxylation sites is 1. The maximum atomic E-state index is 13.7. The number of fused-ring (bicyclic) bond motifs is 1. The summed E-state index contributed by atoms with van der Waals surface area (Å²) >= 11 is 0. The van der Waals surface area contributed by atoms with Crippen molar-refractivity contribution in [3.05, 3.63) is 102 Å². The molecule has 3 N–H and O–H groups in total. The van der Waals surface area contributed by atoms with Crippen molar-refractivity contribution in [1.29, 1.82) is 0 Å². The van der Waals surface area contributed by atoms with E-state index in [-0.39, 0.29) is 18.1 Å². The van der Waals surface area contributed by atoms with E-state index in [1.165, 1.54) is 4.90 Å². The summed E-state index contributed by atoms with van der Waals surface area (Å²) in [7, 11) is 0. The van der Waals surface area contributed by atoms with E-state index in [2.05, 4.69) is 31.2 Å². The predicted octanol–water partition coefficient (Wildman–Crippen LogP) is 6.57. The van der Waals surface area contributed by atoms with Gasteiger partial charge in [-0.15, -0.1) is 0 Å². The quantitative estimate of drug-likeness (QED) is 0.110. The van der Waals surface area contributed by atoms with Crippen molar-refractivity contribution >= 4 is 23.2 Å². The van der Waals surface area contributed by atoms with Crippen LogP contribution < -0.4 is 4.74 Å². The van der Waals surface area contributed by atoms with Gasteiger partial charge in [0.25, 0.3) is 18.3 Å². The number of nitrogens with zero attached hydrogens (tertiary/aromatic N) is 1. The fourth-order valence-electron chi connectivity index (χ4n) is 5.01. The zero-order valence-corrected chi connectivity index (χ0v) is 23.3. The molecule has 0 aliphatic heterocycles. The van der Waals surface area contributed by atoms with E-state index in [4.69, 9.17) is 14.6 Å². The van der Waals surface area contributed by atoms with Crippen molar-refractivity contribution in [2.75, 3.05) is 6.61 Å². The van der Waals surface area contributed by atoms with Crippen molar-refractivity contribution in [2.45, 2.75) is 57.4 Å². The van der Waals surface area contributed by atoms with Gasteiger partial charge in [0.2, 0.25) is 0 Å². The fraction of sp³-hybridized carbons (Fsp3) is 0.294. The van der Waals surface area contributed by atoms with Gasteiger partial charge in [-0.3, -0.25) is 14.5 Å². The molecular formula is C34H37NO6. The summed E-state index contributed by atoms with van der Waals surface area (Å²) < 4.78 is 5.95. The molecule has 4 aromatic carbocycles. The molecule has 214 valence electrons. The van der Waals surface area contributed by atoms with Crippen LogP contribution in [0.25, 0.3) is 21.9 Å². The number of hydrogen-bond acceptors (Lipinski definition) is 5. The summed E-state index contributed by atoms with van der Waals surface area (Å²) in [5, 5.41) is 32.1. The highest BCUT2D eigenvalue weighted by Gasteiger charge is 2.48. The first-order chi connectivity index (χ1) is 19.9. The normalized spacial score (nSPS) is 12.8. The predicted molar refractivity (Wildman–Crippen MR) is 159 cm³/mol. The van der Waals surface area contributed by atoms with E-state index in [1.807, 2.05) is 30.3 Å². The molecule has 1 amide bonds. The Kier molecular flexibility index (Phi) is 10.1. The molecule has 1 aliphatic rings. The third-order valence-corrected chi connectivity index (χ3v) is 7.20. The monoisotopic (exact) mass is 555 g/mol. The van der Waals surface area contributed by atoms with Gasteiger partial charge in [-0.05, 0) is 65.4 Å². The molecule has 1 saturated carbocycles. The molecule has 0 unspecified atom stereocenters. The van der Waals surface area contributed by atoms with E-state index in [0.717, 1.165) is 60.4 Å². The zero-order chi connectivity index (χ0) is 29.2. The molecule has 7 heteroatoms. The van der Waals surface area contributed by atoms with E-state index in [1.54, 1.807) is 36.4 Å². The van der Waals surface area contributed by atoms with Crippen molar-refractivity contribution < 1.29 is 29.6 Å². The summed E-state index contributed by atoms with van der Waals surface area (Å²) in [5.74, 6) is -2.52. The average Bonchev–Trinajstić information content (AvgIpc) is 3.82. The van der Waals surface area contributed by atoms with Crippen LogP contribution in [0.5, 0.6) is 5.75 Å². The Hall–Kier alpha value is -4.20.